The van der Waals surface area contributed by atoms with Gasteiger partial charge < -0.3 is 15.0 Å². The number of ether oxygens (including phenoxy) is 1. The van der Waals surface area contributed by atoms with Crippen LogP contribution in [0.2, 0.25) is 0 Å². The Morgan fingerprint density at radius 2 is 1.77 bits per heavy atom. The number of halogens is 1. The first-order valence-electron chi connectivity index (χ1n) is 11.0. The molecule has 1 aromatic rings. The van der Waals surface area contributed by atoms with Gasteiger partial charge in [0.2, 0.25) is 0 Å². The number of benzene rings is 1. The van der Waals surface area contributed by atoms with Gasteiger partial charge in [0.1, 0.15) is 0 Å². The van der Waals surface area contributed by atoms with Crippen molar-refractivity contribution in [2.75, 3.05) is 40.3 Å². The predicted octanol–water partition coefficient (Wildman–Crippen LogP) is 3.64. The minimum Gasteiger partial charge on any atom is -0.469 e. The molecule has 1 aromatic carbocycles. The molecule has 0 radical (unpaired) electrons. The number of rotatable bonds is 5. The Balaban J connectivity index is 0.00000320. The number of likely N-dealkylation sites (tertiary alicyclic amines) is 2. The zero-order valence-corrected chi connectivity index (χ0v) is 20.8. The Morgan fingerprint density at radius 1 is 1.10 bits per heavy atom. The Morgan fingerprint density at radius 3 is 2.40 bits per heavy atom. The average Bonchev–Trinajstić information content (AvgIpc) is 3.03. The first-order chi connectivity index (χ1) is 14.2. The molecule has 6 nitrogen and oxygen atoms in total. The van der Waals surface area contributed by atoms with E-state index in [-0.39, 0.29) is 35.9 Å². The van der Waals surface area contributed by atoms with Crippen LogP contribution in [0, 0.1) is 5.92 Å². The van der Waals surface area contributed by atoms with Crippen LogP contribution in [0.1, 0.15) is 49.7 Å². The second-order valence-corrected chi connectivity index (χ2v) is 8.20. The third-order valence-corrected chi connectivity index (χ3v) is 6.09. The fourth-order valence-corrected chi connectivity index (χ4v) is 4.40. The molecule has 0 bridgehead atoms. The van der Waals surface area contributed by atoms with E-state index in [2.05, 4.69) is 44.4 Å². The summed E-state index contributed by atoms with van der Waals surface area (Å²) in [5, 5.41) is 3.50. The van der Waals surface area contributed by atoms with Crippen molar-refractivity contribution in [3.63, 3.8) is 0 Å². The highest BCUT2D eigenvalue weighted by atomic mass is 127. The highest BCUT2D eigenvalue weighted by molar-refractivity contribution is 14.0. The Kier molecular flexibility index (Phi) is 10.9. The van der Waals surface area contributed by atoms with Crippen LogP contribution >= 0.6 is 24.0 Å². The zero-order chi connectivity index (χ0) is 20.5. The van der Waals surface area contributed by atoms with E-state index in [1.54, 1.807) is 0 Å². The number of guanidine groups is 1. The number of methoxy groups -OCH3 is 1. The highest BCUT2D eigenvalue weighted by Crippen LogP contribution is 2.19. The number of aliphatic imine (C=N–C) groups is 1. The van der Waals surface area contributed by atoms with Gasteiger partial charge in [-0.05, 0) is 49.9 Å². The van der Waals surface area contributed by atoms with Gasteiger partial charge in [-0.15, -0.1) is 24.0 Å². The molecule has 0 unspecified atom stereocenters. The minimum absolute atomic E-state index is 0. The van der Waals surface area contributed by atoms with Crippen molar-refractivity contribution in [2.45, 2.75) is 51.6 Å². The number of nitrogens with zero attached hydrogens (tertiary/aromatic N) is 3. The second kappa shape index (κ2) is 13.1. The summed E-state index contributed by atoms with van der Waals surface area (Å²) in [6.45, 7) is 5.90. The van der Waals surface area contributed by atoms with Crippen molar-refractivity contribution in [1.82, 2.24) is 15.1 Å². The van der Waals surface area contributed by atoms with E-state index in [1.807, 2.05) is 7.05 Å². The normalized spacial score (nSPS) is 19.0. The summed E-state index contributed by atoms with van der Waals surface area (Å²) in [6.07, 6.45) is 7.03. The molecule has 0 amide bonds. The fraction of sp³-hybridized carbons (Fsp3) is 0.652. The lowest BCUT2D eigenvalue weighted by Gasteiger charge is -2.33. The molecule has 0 aliphatic carbocycles. The molecule has 0 saturated carbocycles. The van der Waals surface area contributed by atoms with Gasteiger partial charge in [0.05, 0.1) is 13.0 Å². The molecule has 0 aromatic heterocycles. The predicted molar refractivity (Wildman–Crippen MR) is 132 cm³/mol. The Hall–Kier alpha value is -1.35. The number of piperidine rings is 1. The van der Waals surface area contributed by atoms with E-state index in [4.69, 9.17) is 4.74 Å². The van der Waals surface area contributed by atoms with Crippen LogP contribution in [0.25, 0.3) is 0 Å². The summed E-state index contributed by atoms with van der Waals surface area (Å²) >= 11 is 0. The van der Waals surface area contributed by atoms with Crippen LogP contribution in [-0.2, 0) is 22.6 Å². The van der Waals surface area contributed by atoms with Gasteiger partial charge in [-0.3, -0.25) is 14.7 Å². The van der Waals surface area contributed by atoms with E-state index >= 15 is 0 Å². The number of carbonyl (C=O) groups is 1. The molecule has 2 aliphatic rings. The SMILES string of the molecule is CN=C(NCc1cccc(CN2CCCCCC2)c1)N1CCC(C(=O)OC)CC1.I. The summed E-state index contributed by atoms with van der Waals surface area (Å²) < 4.78 is 4.88. The molecule has 30 heavy (non-hydrogen) atoms. The topological polar surface area (TPSA) is 57.2 Å². The summed E-state index contributed by atoms with van der Waals surface area (Å²) in [5.41, 5.74) is 2.67. The smallest absolute Gasteiger partial charge is 0.308 e. The number of carbonyl (C=O) groups excluding carboxylic acids is 1. The van der Waals surface area contributed by atoms with Gasteiger partial charge in [0.15, 0.2) is 5.96 Å². The van der Waals surface area contributed by atoms with Gasteiger partial charge in [-0.1, -0.05) is 37.1 Å². The van der Waals surface area contributed by atoms with E-state index in [0.29, 0.717) is 0 Å². The second-order valence-electron chi connectivity index (χ2n) is 8.20. The zero-order valence-electron chi connectivity index (χ0n) is 18.4. The van der Waals surface area contributed by atoms with Crippen molar-refractivity contribution >= 4 is 35.9 Å². The minimum atomic E-state index is -0.0891. The Bertz CT molecular complexity index is 682. The van der Waals surface area contributed by atoms with Gasteiger partial charge in [-0.2, -0.15) is 0 Å². The van der Waals surface area contributed by atoms with Crippen LogP contribution in [0.3, 0.4) is 0 Å². The summed E-state index contributed by atoms with van der Waals surface area (Å²) in [5.74, 6) is 0.838. The molecular weight excluding hydrogens is 491 g/mol. The van der Waals surface area contributed by atoms with Crippen molar-refractivity contribution in [2.24, 2.45) is 10.9 Å². The van der Waals surface area contributed by atoms with E-state index in [1.165, 1.54) is 57.0 Å². The number of hydrogen-bond donors (Lipinski definition) is 1. The van der Waals surface area contributed by atoms with Crippen LogP contribution < -0.4 is 5.32 Å². The molecule has 2 fully saturated rings. The van der Waals surface area contributed by atoms with Crippen molar-refractivity contribution in [3.8, 4) is 0 Å². The molecule has 0 atom stereocenters. The first kappa shape index (κ1) is 24.9. The number of nitrogens with one attached hydrogen (secondary N) is 1. The van der Waals surface area contributed by atoms with Crippen LogP contribution in [0.4, 0.5) is 0 Å². The molecule has 0 spiro atoms. The Labute approximate surface area is 198 Å². The number of esters is 1. The summed E-state index contributed by atoms with van der Waals surface area (Å²) in [4.78, 5) is 21.0. The largest absolute Gasteiger partial charge is 0.469 e. The highest BCUT2D eigenvalue weighted by Gasteiger charge is 2.26. The standard InChI is InChI=1S/C23H36N4O2.HI/c1-24-23(27-14-10-21(11-15-27)22(28)29-2)25-17-19-8-7-9-20(16-19)18-26-12-5-3-4-6-13-26;/h7-9,16,21H,3-6,10-15,17-18H2,1-2H3,(H,24,25);1H. The average molecular weight is 528 g/mol. The lowest BCUT2D eigenvalue weighted by atomic mass is 9.97. The molecule has 1 N–H and O–H groups in total. The van der Waals surface area contributed by atoms with E-state index in [0.717, 1.165) is 45.0 Å². The van der Waals surface area contributed by atoms with Gasteiger partial charge in [0.25, 0.3) is 0 Å². The van der Waals surface area contributed by atoms with Crippen LogP contribution in [-0.4, -0.2) is 62.1 Å². The maximum absolute atomic E-state index is 11.7. The molecule has 2 aliphatic heterocycles. The first-order valence-corrected chi connectivity index (χ1v) is 11.0. The van der Waals surface area contributed by atoms with E-state index < -0.39 is 0 Å². The van der Waals surface area contributed by atoms with Gasteiger partial charge in [-0.25, -0.2) is 0 Å². The van der Waals surface area contributed by atoms with Gasteiger partial charge in [0, 0.05) is 33.2 Å². The van der Waals surface area contributed by atoms with E-state index in [9.17, 15) is 4.79 Å². The summed E-state index contributed by atoms with van der Waals surface area (Å²) in [7, 11) is 3.29. The van der Waals surface area contributed by atoms with Gasteiger partial charge >= 0.3 is 5.97 Å². The van der Waals surface area contributed by atoms with Crippen LogP contribution in [0.15, 0.2) is 29.3 Å². The van der Waals surface area contributed by atoms with Crippen molar-refractivity contribution in [1.29, 1.82) is 0 Å². The third-order valence-electron chi connectivity index (χ3n) is 6.09. The lowest BCUT2D eigenvalue weighted by molar-refractivity contribution is -0.146. The van der Waals surface area contributed by atoms with Crippen molar-refractivity contribution in [3.05, 3.63) is 35.4 Å². The molecule has 3 rings (SSSR count). The monoisotopic (exact) mass is 528 g/mol. The quantitative estimate of drug-likeness (QED) is 0.274. The lowest BCUT2D eigenvalue weighted by Crippen LogP contribution is -2.46. The molecular formula is C23H37IN4O2. The molecule has 7 heteroatoms. The fourth-order valence-electron chi connectivity index (χ4n) is 4.40. The maximum atomic E-state index is 11.7. The maximum Gasteiger partial charge on any atom is 0.308 e. The molecule has 2 heterocycles. The number of hydrogen-bond acceptors (Lipinski definition) is 4. The van der Waals surface area contributed by atoms with Crippen molar-refractivity contribution < 1.29 is 9.53 Å². The molecule has 2 saturated heterocycles. The summed E-state index contributed by atoms with van der Waals surface area (Å²) in [6, 6.07) is 8.89. The third kappa shape index (κ3) is 7.41. The molecule has 168 valence electrons. The van der Waals surface area contributed by atoms with Crippen LogP contribution in [0.5, 0.6) is 0 Å².